The van der Waals surface area contributed by atoms with Crippen LogP contribution in [0.25, 0.3) is 11.2 Å². The van der Waals surface area contributed by atoms with Crippen molar-refractivity contribution in [3.8, 4) is 0 Å². The monoisotopic (exact) mass is 252 g/mol. The van der Waals surface area contributed by atoms with Gasteiger partial charge in [-0.1, -0.05) is 0 Å². The fourth-order valence-corrected chi connectivity index (χ4v) is 2.04. The molecule has 1 saturated heterocycles. The number of aromatic amines is 1. The molecule has 1 aliphatic rings. The Balaban J connectivity index is 1.95. The zero-order chi connectivity index (χ0) is 12.7. The van der Waals surface area contributed by atoms with Crippen molar-refractivity contribution >= 4 is 11.2 Å². The van der Waals surface area contributed by atoms with Gasteiger partial charge in [0, 0.05) is 0 Å². The van der Waals surface area contributed by atoms with Gasteiger partial charge in [0.1, 0.15) is 42.1 Å². The Bertz CT molecular complexity index is 527. The maximum absolute atomic E-state index is 9.86. The van der Waals surface area contributed by atoms with Gasteiger partial charge in [-0.05, 0) is 0 Å². The van der Waals surface area contributed by atoms with Crippen LogP contribution in [0.1, 0.15) is 11.9 Å². The molecule has 3 heterocycles. The van der Waals surface area contributed by atoms with Gasteiger partial charge in [0.25, 0.3) is 0 Å². The highest BCUT2D eigenvalue weighted by molar-refractivity contribution is 5.68. The van der Waals surface area contributed by atoms with E-state index in [9.17, 15) is 10.2 Å². The van der Waals surface area contributed by atoms with E-state index in [-0.39, 0.29) is 6.61 Å². The second-order valence-electron chi connectivity index (χ2n) is 4.14. The van der Waals surface area contributed by atoms with E-state index in [1.165, 1.54) is 6.33 Å². The quantitative estimate of drug-likeness (QED) is 0.513. The molecule has 2 aromatic heterocycles. The SMILES string of the molecule is OC[C@@H]1OC(c2nc3ncncc3[nH]2)[C@H](O)[C@H]1O. The second kappa shape index (κ2) is 4.25. The third kappa shape index (κ3) is 1.66. The van der Waals surface area contributed by atoms with Crippen LogP contribution in [0.15, 0.2) is 12.5 Å². The van der Waals surface area contributed by atoms with E-state index in [0.29, 0.717) is 17.0 Å². The van der Waals surface area contributed by atoms with E-state index in [1.54, 1.807) is 6.20 Å². The van der Waals surface area contributed by atoms with E-state index in [4.69, 9.17) is 9.84 Å². The number of imidazole rings is 1. The highest BCUT2D eigenvalue weighted by Gasteiger charge is 2.44. The normalized spacial score (nSPS) is 32.2. The smallest absolute Gasteiger partial charge is 0.180 e. The molecule has 3 rings (SSSR count). The number of rotatable bonds is 2. The molecular formula is C10H12N4O4. The van der Waals surface area contributed by atoms with Gasteiger partial charge in [0.05, 0.1) is 12.8 Å². The molecule has 0 amide bonds. The summed E-state index contributed by atoms with van der Waals surface area (Å²) >= 11 is 0. The average molecular weight is 252 g/mol. The van der Waals surface area contributed by atoms with Gasteiger partial charge in [-0.15, -0.1) is 0 Å². The summed E-state index contributed by atoms with van der Waals surface area (Å²) in [5.74, 6) is 0.355. The fourth-order valence-electron chi connectivity index (χ4n) is 2.04. The predicted molar refractivity (Wildman–Crippen MR) is 58.4 cm³/mol. The maximum Gasteiger partial charge on any atom is 0.180 e. The summed E-state index contributed by atoms with van der Waals surface area (Å²) in [5, 5.41) is 28.5. The number of aliphatic hydroxyl groups excluding tert-OH is 3. The van der Waals surface area contributed by atoms with Crippen LogP contribution in [0.2, 0.25) is 0 Å². The number of hydrogen-bond donors (Lipinski definition) is 4. The van der Waals surface area contributed by atoms with Gasteiger partial charge in [0.15, 0.2) is 5.65 Å². The maximum atomic E-state index is 9.86. The summed E-state index contributed by atoms with van der Waals surface area (Å²) in [6.07, 6.45) is -0.990. The third-order valence-electron chi connectivity index (χ3n) is 2.99. The van der Waals surface area contributed by atoms with Crippen molar-refractivity contribution in [2.24, 2.45) is 0 Å². The van der Waals surface area contributed by atoms with E-state index in [1.807, 2.05) is 0 Å². The summed E-state index contributed by atoms with van der Waals surface area (Å²) in [7, 11) is 0. The first kappa shape index (κ1) is 11.5. The number of nitrogens with one attached hydrogen (secondary N) is 1. The van der Waals surface area contributed by atoms with E-state index in [0.717, 1.165) is 0 Å². The van der Waals surface area contributed by atoms with Gasteiger partial charge in [-0.3, -0.25) is 0 Å². The van der Waals surface area contributed by atoms with Crippen molar-refractivity contribution in [2.75, 3.05) is 6.61 Å². The van der Waals surface area contributed by atoms with Gasteiger partial charge in [-0.25, -0.2) is 15.0 Å². The number of ether oxygens (including phenoxy) is 1. The predicted octanol–water partition coefficient (Wildman–Crippen LogP) is -1.49. The Morgan fingerprint density at radius 2 is 2.17 bits per heavy atom. The van der Waals surface area contributed by atoms with Gasteiger partial charge in [-0.2, -0.15) is 0 Å². The first-order valence-corrected chi connectivity index (χ1v) is 5.49. The molecule has 0 saturated carbocycles. The highest BCUT2D eigenvalue weighted by atomic mass is 16.6. The van der Waals surface area contributed by atoms with Crippen LogP contribution >= 0.6 is 0 Å². The molecule has 1 unspecified atom stereocenters. The second-order valence-corrected chi connectivity index (χ2v) is 4.14. The molecule has 0 spiro atoms. The molecule has 0 radical (unpaired) electrons. The van der Waals surface area contributed by atoms with Crippen molar-refractivity contribution in [3.63, 3.8) is 0 Å². The number of fused-ring (bicyclic) bond motifs is 1. The number of aromatic nitrogens is 4. The van der Waals surface area contributed by atoms with Gasteiger partial charge in [0.2, 0.25) is 0 Å². The van der Waals surface area contributed by atoms with Crippen molar-refractivity contribution in [2.45, 2.75) is 24.4 Å². The van der Waals surface area contributed by atoms with Crippen molar-refractivity contribution in [3.05, 3.63) is 18.3 Å². The number of H-pyrrole nitrogens is 1. The summed E-state index contributed by atoms with van der Waals surface area (Å²) in [4.78, 5) is 14.9. The lowest BCUT2D eigenvalue weighted by Crippen LogP contribution is -2.32. The highest BCUT2D eigenvalue weighted by Crippen LogP contribution is 2.32. The minimum Gasteiger partial charge on any atom is -0.394 e. The molecule has 4 N–H and O–H groups in total. The molecule has 2 aromatic rings. The molecule has 8 heteroatoms. The minimum atomic E-state index is -1.14. The van der Waals surface area contributed by atoms with Crippen LogP contribution in [0.5, 0.6) is 0 Å². The molecule has 4 atom stereocenters. The lowest BCUT2D eigenvalue weighted by molar-refractivity contribution is -0.0249. The van der Waals surface area contributed by atoms with Crippen molar-refractivity contribution in [1.82, 2.24) is 19.9 Å². The third-order valence-corrected chi connectivity index (χ3v) is 2.99. The number of nitrogens with zero attached hydrogens (tertiary/aromatic N) is 3. The average Bonchev–Trinajstić information content (AvgIpc) is 2.92. The molecule has 1 fully saturated rings. The van der Waals surface area contributed by atoms with E-state index in [2.05, 4.69) is 19.9 Å². The largest absolute Gasteiger partial charge is 0.394 e. The Morgan fingerprint density at radius 3 is 2.83 bits per heavy atom. The van der Waals surface area contributed by atoms with Crippen LogP contribution in [0.3, 0.4) is 0 Å². The molecule has 0 aromatic carbocycles. The van der Waals surface area contributed by atoms with E-state index >= 15 is 0 Å². The standard InChI is InChI=1S/C10H12N4O4/c15-2-5-6(16)7(17)8(18-5)10-13-4-1-11-3-12-9(4)14-10/h1,3,5-8,15-17H,2H2,(H,11,12,13,14)/t5-,6-,7+,8?/m0/s1. The number of hydrogen-bond acceptors (Lipinski definition) is 7. The first-order valence-electron chi connectivity index (χ1n) is 5.49. The topological polar surface area (TPSA) is 124 Å². The lowest BCUT2D eigenvalue weighted by atomic mass is 10.1. The fraction of sp³-hybridized carbons (Fsp3) is 0.500. The first-order chi connectivity index (χ1) is 8.70. The summed E-state index contributed by atoms with van der Waals surface area (Å²) in [6, 6.07) is 0. The number of aliphatic hydroxyl groups is 3. The molecular weight excluding hydrogens is 240 g/mol. The summed E-state index contributed by atoms with van der Waals surface area (Å²) in [6.45, 7) is -0.366. The molecule has 18 heavy (non-hydrogen) atoms. The van der Waals surface area contributed by atoms with Gasteiger partial charge < -0.3 is 25.0 Å². The molecule has 1 aliphatic heterocycles. The van der Waals surface area contributed by atoms with Crippen LogP contribution in [0.4, 0.5) is 0 Å². The Morgan fingerprint density at radius 1 is 1.33 bits per heavy atom. The van der Waals surface area contributed by atoms with Gasteiger partial charge >= 0.3 is 0 Å². The lowest BCUT2D eigenvalue weighted by Gasteiger charge is -2.11. The Hall–Kier alpha value is -1.61. The molecule has 0 bridgehead atoms. The van der Waals surface area contributed by atoms with Crippen molar-refractivity contribution in [1.29, 1.82) is 0 Å². The zero-order valence-corrected chi connectivity index (χ0v) is 9.26. The summed E-state index contributed by atoms with van der Waals surface area (Å²) < 4.78 is 5.36. The Labute approximate surface area is 101 Å². The summed E-state index contributed by atoms with van der Waals surface area (Å²) in [5.41, 5.74) is 1.07. The minimum absolute atomic E-state index is 0.355. The van der Waals surface area contributed by atoms with Crippen LogP contribution < -0.4 is 0 Å². The van der Waals surface area contributed by atoms with Crippen LogP contribution in [-0.2, 0) is 4.74 Å². The molecule has 8 nitrogen and oxygen atoms in total. The van der Waals surface area contributed by atoms with Crippen molar-refractivity contribution < 1.29 is 20.1 Å². The van der Waals surface area contributed by atoms with Crippen LogP contribution in [0, 0.1) is 0 Å². The Kier molecular flexibility index (Phi) is 2.71. The van der Waals surface area contributed by atoms with Crippen LogP contribution in [-0.4, -0.2) is 60.2 Å². The molecule has 0 aliphatic carbocycles. The van der Waals surface area contributed by atoms with E-state index < -0.39 is 24.4 Å². The molecule has 96 valence electrons. The zero-order valence-electron chi connectivity index (χ0n) is 9.26.